The Kier molecular flexibility index (Phi) is 4.19. The van der Waals surface area contributed by atoms with E-state index in [2.05, 4.69) is 82.9 Å². The number of rotatable bonds is 2. The van der Waals surface area contributed by atoms with E-state index in [0.29, 0.717) is 6.67 Å². The van der Waals surface area contributed by atoms with Gasteiger partial charge in [0.25, 0.3) is 0 Å². The van der Waals surface area contributed by atoms with Crippen molar-refractivity contribution < 1.29 is 0 Å². The Morgan fingerprint density at radius 1 is 0.885 bits per heavy atom. The third kappa shape index (κ3) is 3.07. The second-order valence-corrected chi connectivity index (χ2v) is 8.38. The molecule has 4 nitrogen and oxygen atoms in total. The summed E-state index contributed by atoms with van der Waals surface area (Å²) in [6.07, 6.45) is 1.90. The minimum atomic E-state index is -0.0480. The predicted molar refractivity (Wildman–Crippen MR) is 110 cm³/mol. The van der Waals surface area contributed by atoms with Gasteiger partial charge in [-0.05, 0) is 30.3 Å². The monoisotopic (exact) mass is 408 g/mol. The van der Waals surface area contributed by atoms with Crippen molar-refractivity contribution in [2.75, 3.05) is 16.5 Å². The lowest BCUT2D eigenvalue weighted by atomic mass is 9.93. The van der Waals surface area contributed by atoms with Gasteiger partial charge in [-0.3, -0.25) is 0 Å². The van der Waals surface area contributed by atoms with Crippen LogP contribution in [0.2, 0.25) is 0 Å². The third-order valence-electron chi connectivity index (χ3n) is 4.49. The fraction of sp³-hybridized carbons (Fsp3) is 0.238. The molecule has 2 aromatic carbocycles. The van der Waals surface area contributed by atoms with E-state index in [1.54, 1.807) is 0 Å². The van der Waals surface area contributed by atoms with Gasteiger partial charge in [-0.25, -0.2) is 9.97 Å². The number of hydrogen-bond donors (Lipinski definition) is 0. The molecule has 0 N–H and O–H groups in total. The van der Waals surface area contributed by atoms with Crippen LogP contribution in [0.3, 0.4) is 0 Å². The summed E-state index contributed by atoms with van der Waals surface area (Å²) >= 11 is 3.57. The van der Waals surface area contributed by atoms with E-state index in [0.717, 1.165) is 33.2 Å². The number of anilines is 4. The Morgan fingerprint density at radius 3 is 2.27 bits per heavy atom. The number of hydrogen-bond acceptors (Lipinski definition) is 4. The van der Waals surface area contributed by atoms with E-state index in [1.807, 2.05) is 24.4 Å². The van der Waals surface area contributed by atoms with Crippen LogP contribution < -0.4 is 9.80 Å². The van der Waals surface area contributed by atoms with Crippen LogP contribution in [-0.4, -0.2) is 16.6 Å². The van der Waals surface area contributed by atoms with E-state index in [-0.39, 0.29) is 5.41 Å². The van der Waals surface area contributed by atoms with Gasteiger partial charge in [-0.1, -0.05) is 61.0 Å². The molecular formula is C21H21BrN4. The molecule has 0 spiro atoms. The van der Waals surface area contributed by atoms with Gasteiger partial charge < -0.3 is 9.80 Å². The van der Waals surface area contributed by atoms with E-state index < -0.39 is 0 Å². The van der Waals surface area contributed by atoms with Crippen LogP contribution in [0.25, 0.3) is 0 Å². The molecule has 5 heteroatoms. The van der Waals surface area contributed by atoms with E-state index in [4.69, 9.17) is 9.97 Å². The molecule has 0 aliphatic carbocycles. The molecule has 2 heterocycles. The van der Waals surface area contributed by atoms with Gasteiger partial charge >= 0.3 is 0 Å². The summed E-state index contributed by atoms with van der Waals surface area (Å²) in [5.74, 6) is 1.79. The van der Waals surface area contributed by atoms with Crippen molar-refractivity contribution in [3.63, 3.8) is 0 Å². The molecule has 0 unspecified atom stereocenters. The molecule has 26 heavy (non-hydrogen) atoms. The van der Waals surface area contributed by atoms with Crippen molar-refractivity contribution in [1.82, 2.24) is 9.97 Å². The van der Waals surface area contributed by atoms with Gasteiger partial charge in [0.05, 0.1) is 11.9 Å². The highest BCUT2D eigenvalue weighted by atomic mass is 79.9. The Hall–Kier alpha value is -2.40. The first kappa shape index (κ1) is 17.0. The third-order valence-corrected chi connectivity index (χ3v) is 4.98. The molecule has 132 valence electrons. The highest BCUT2D eigenvalue weighted by Crippen LogP contribution is 2.42. The van der Waals surface area contributed by atoms with Crippen molar-refractivity contribution in [2.45, 2.75) is 26.2 Å². The number of para-hydroxylation sites is 1. The average Bonchev–Trinajstić information content (AvgIpc) is 3.00. The summed E-state index contributed by atoms with van der Waals surface area (Å²) in [7, 11) is 0. The molecular weight excluding hydrogens is 388 g/mol. The first-order valence-corrected chi connectivity index (χ1v) is 9.46. The summed E-state index contributed by atoms with van der Waals surface area (Å²) in [4.78, 5) is 14.2. The topological polar surface area (TPSA) is 32.3 Å². The highest BCUT2D eigenvalue weighted by molar-refractivity contribution is 9.10. The number of halogens is 1. The summed E-state index contributed by atoms with van der Waals surface area (Å²) in [6.45, 7) is 7.18. The summed E-state index contributed by atoms with van der Waals surface area (Å²) in [6, 6.07) is 18.6. The standard InChI is InChI=1S/C21H21BrN4/c1-21(2,3)18-13-23-19-20(24-18)25(16-9-5-4-6-10-16)14-26(19)17-11-7-8-15(22)12-17/h4-13H,14H2,1-3H3. The molecule has 4 rings (SSSR count). The fourth-order valence-electron chi connectivity index (χ4n) is 3.04. The van der Waals surface area contributed by atoms with Crippen molar-refractivity contribution in [3.05, 3.63) is 71.0 Å². The smallest absolute Gasteiger partial charge is 0.178 e. The number of fused-ring (bicyclic) bond motifs is 1. The molecule has 0 amide bonds. The Bertz CT molecular complexity index is 934. The second kappa shape index (κ2) is 6.40. The summed E-state index contributed by atoms with van der Waals surface area (Å²) in [5, 5.41) is 0. The van der Waals surface area contributed by atoms with Crippen molar-refractivity contribution in [1.29, 1.82) is 0 Å². The van der Waals surface area contributed by atoms with Crippen LogP contribution in [0, 0.1) is 0 Å². The van der Waals surface area contributed by atoms with Crippen LogP contribution in [0.5, 0.6) is 0 Å². The molecule has 1 aliphatic heterocycles. The maximum Gasteiger partial charge on any atom is 0.178 e. The second-order valence-electron chi connectivity index (χ2n) is 7.47. The predicted octanol–water partition coefficient (Wildman–Crippen LogP) is 5.78. The zero-order valence-corrected chi connectivity index (χ0v) is 16.7. The van der Waals surface area contributed by atoms with Gasteiger partial charge in [-0.2, -0.15) is 0 Å². The molecule has 0 radical (unpaired) electrons. The zero-order valence-electron chi connectivity index (χ0n) is 15.1. The van der Waals surface area contributed by atoms with Crippen LogP contribution in [-0.2, 0) is 5.41 Å². The summed E-state index contributed by atoms with van der Waals surface area (Å²) < 4.78 is 1.05. The minimum absolute atomic E-state index is 0.0480. The van der Waals surface area contributed by atoms with E-state index in [9.17, 15) is 0 Å². The molecule has 0 saturated carbocycles. The Morgan fingerprint density at radius 2 is 1.58 bits per heavy atom. The van der Waals surface area contributed by atoms with E-state index in [1.165, 1.54) is 0 Å². The van der Waals surface area contributed by atoms with Gasteiger partial charge in [0.15, 0.2) is 11.6 Å². The van der Waals surface area contributed by atoms with Crippen molar-refractivity contribution >= 4 is 38.9 Å². The Balaban J connectivity index is 1.85. The lowest BCUT2D eigenvalue weighted by Gasteiger charge is -2.21. The lowest BCUT2D eigenvalue weighted by Crippen LogP contribution is -2.24. The highest BCUT2D eigenvalue weighted by Gasteiger charge is 2.32. The maximum absolute atomic E-state index is 4.99. The first-order valence-electron chi connectivity index (χ1n) is 8.67. The molecule has 1 aromatic heterocycles. The molecule has 0 fully saturated rings. The number of benzene rings is 2. The van der Waals surface area contributed by atoms with Crippen LogP contribution in [0.1, 0.15) is 26.5 Å². The summed E-state index contributed by atoms with van der Waals surface area (Å²) in [5.41, 5.74) is 3.16. The number of nitrogens with zero attached hydrogens (tertiary/aromatic N) is 4. The van der Waals surface area contributed by atoms with Gasteiger partial charge in [-0.15, -0.1) is 0 Å². The average molecular weight is 409 g/mol. The van der Waals surface area contributed by atoms with Crippen molar-refractivity contribution in [3.8, 4) is 0 Å². The SMILES string of the molecule is CC(C)(C)c1cnc2c(n1)N(c1ccccc1)CN2c1cccc(Br)c1. The van der Waals surface area contributed by atoms with Crippen molar-refractivity contribution in [2.24, 2.45) is 0 Å². The fourth-order valence-corrected chi connectivity index (χ4v) is 3.43. The molecule has 0 saturated heterocycles. The van der Waals surface area contributed by atoms with Gasteiger partial charge in [0.1, 0.15) is 6.67 Å². The quantitative estimate of drug-likeness (QED) is 0.537. The van der Waals surface area contributed by atoms with E-state index >= 15 is 0 Å². The lowest BCUT2D eigenvalue weighted by molar-refractivity contribution is 0.566. The minimum Gasteiger partial charge on any atom is -0.305 e. The molecule has 0 bridgehead atoms. The molecule has 1 aliphatic rings. The normalized spacial score (nSPS) is 13.8. The first-order chi connectivity index (χ1) is 12.4. The van der Waals surface area contributed by atoms with Crippen LogP contribution >= 0.6 is 15.9 Å². The van der Waals surface area contributed by atoms with Crippen LogP contribution in [0.4, 0.5) is 23.0 Å². The largest absolute Gasteiger partial charge is 0.305 e. The van der Waals surface area contributed by atoms with Gasteiger partial charge in [0.2, 0.25) is 0 Å². The zero-order chi connectivity index (χ0) is 18.3. The number of aromatic nitrogens is 2. The molecule has 0 atom stereocenters. The molecule has 3 aromatic rings. The van der Waals surface area contributed by atoms with Gasteiger partial charge in [0, 0.05) is 21.3 Å². The maximum atomic E-state index is 4.99. The van der Waals surface area contributed by atoms with Crippen LogP contribution in [0.15, 0.2) is 65.3 Å². The Labute approximate surface area is 162 Å².